The molecule has 4 rings (SSSR count). The van der Waals surface area contributed by atoms with Crippen LogP contribution in [-0.2, 0) is 59.3 Å². The molecule has 2 aromatic carbocycles. The standard InChI is InChI=1S/C37H56N2O9Si/c1-35(2,3)46-32(41)21-38(18-26-14-12-16-28-23-43-36(4,5)47-33(26)28)20-30(25-45-49(9,10)11)39(22-31(40)42-8)19-27-15-13-17-29-24-44-37(6,7)48-34(27)29/h12-17,30H,18-25H2,1-11H3. The number of ether oxygens (including phenoxy) is 6. The van der Waals surface area contributed by atoms with E-state index in [0.29, 0.717) is 39.5 Å². The van der Waals surface area contributed by atoms with Crippen molar-refractivity contribution in [2.75, 3.05) is 33.4 Å². The molecule has 2 heterocycles. The first kappa shape index (κ1) is 38.8. The summed E-state index contributed by atoms with van der Waals surface area (Å²) in [5.74, 6) is -0.801. The van der Waals surface area contributed by atoms with Crippen molar-refractivity contribution >= 4 is 20.3 Å². The largest absolute Gasteiger partial charge is 0.468 e. The Kier molecular flexibility index (Phi) is 12.3. The van der Waals surface area contributed by atoms with Crippen molar-refractivity contribution in [3.05, 3.63) is 58.7 Å². The highest BCUT2D eigenvalue weighted by Gasteiger charge is 2.34. The van der Waals surface area contributed by atoms with Gasteiger partial charge in [0.1, 0.15) is 17.1 Å². The van der Waals surface area contributed by atoms with Crippen LogP contribution < -0.4 is 9.47 Å². The number of carbonyl (C=O) groups excluding carboxylic acids is 2. The van der Waals surface area contributed by atoms with Gasteiger partial charge >= 0.3 is 11.9 Å². The summed E-state index contributed by atoms with van der Waals surface area (Å²) in [4.78, 5) is 30.5. The van der Waals surface area contributed by atoms with E-state index in [1.807, 2.05) is 89.8 Å². The van der Waals surface area contributed by atoms with Crippen LogP contribution in [0.15, 0.2) is 36.4 Å². The molecule has 11 nitrogen and oxygen atoms in total. The van der Waals surface area contributed by atoms with E-state index in [2.05, 4.69) is 24.5 Å². The second-order valence-electron chi connectivity index (χ2n) is 15.7. The van der Waals surface area contributed by atoms with Gasteiger partial charge in [-0.1, -0.05) is 36.4 Å². The maximum absolute atomic E-state index is 13.4. The highest BCUT2D eigenvalue weighted by molar-refractivity contribution is 6.69. The molecule has 0 spiro atoms. The van der Waals surface area contributed by atoms with Crippen LogP contribution in [0.1, 0.15) is 70.7 Å². The zero-order valence-corrected chi connectivity index (χ0v) is 32.3. The summed E-state index contributed by atoms with van der Waals surface area (Å²) in [5.41, 5.74) is 3.08. The van der Waals surface area contributed by atoms with Crippen molar-refractivity contribution in [3.8, 4) is 11.5 Å². The molecule has 2 aliphatic rings. The van der Waals surface area contributed by atoms with Crippen LogP contribution in [-0.4, -0.2) is 86.6 Å². The minimum atomic E-state index is -2.00. The molecule has 0 bridgehead atoms. The smallest absolute Gasteiger partial charge is 0.320 e. The molecular weight excluding hydrogens is 644 g/mol. The first-order valence-electron chi connectivity index (χ1n) is 17.0. The fourth-order valence-electron chi connectivity index (χ4n) is 5.73. The molecule has 0 N–H and O–H groups in total. The van der Waals surface area contributed by atoms with E-state index >= 15 is 0 Å². The van der Waals surface area contributed by atoms with Crippen molar-refractivity contribution in [1.82, 2.24) is 9.80 Å². The predicted octanol–water partition coefficient (Wildman–Crippen LogP) is 6.02. The van der Waals surface area contributed by atoms with E-state index < -0.39 is 25.5 Å². The molecule has 2 aliphatic heterocycles. The van der Waals surface area contributed by atoms with Gasteiger partial charge in [-0.05, 0) is 40.4 Å². The van der Waals surface area contributed by atoms with Gasteiger partial charge in [-0.25, -0.2) is 0 Å². The Morgan fingerprint density at radius 3 is 1.86 bits per heavy atom. The molecule has 2 aromatic rings. The summed E-state index contributed by atoms with van der Waals surface area (Å²) in [6, 6.07) is 11.6. The first-order chi connectivity index (χ1) is 22.7. The number of hydrogen-bond acceptors (Lipinski definition) is 11. The summed E-state index contributed by atoms with van der Waals surface area (Å²) in [6.45, 7) is 21.9. The van der Waals surface area contributed by atoms with Gasteiger partial charge in [0.2, 0.25) is 11.6 Å². The summed E-state index contributed by atoms with van der Waals surface area (Å²) in [5, 5.41) is 0. The zero-order valence-electron chi connectivity index (χ0n) is 31.3. The lowest BCUT2D eigenvalue weighted by Gasteiger charge is -2.38. The first-order valence-corrected chi connectivity index (χ1v) is 20.4. The van der Waals surface area contributed by atoms with Crippen LogP contribution in [0.4, 0.5) is 0 Å². The fourth-order valence-corrected chi connectivity index (χ4v) is 6.42. The average molecular weight is 701 g/mol. The predicted molar refractivity (Wildman–Crippen MR) is 189 cm³/mol. The van der Waals surface area contributed by atoms with Crippen LogP contribution in [0.2, 0.25) is 19.6 Å². The normalized spacial score (nSPS) is 17.4. The van der Waals surface area contributed by atoms with Gasteiger partial charge in [0.05, 0.1) is 40.0 Å². The second kappa shape index (κ2) is 15.5. The molecule has 0 amide bonds. The SMILES string of the molecule is COC(=O)CN(Cc1cccc2c1OC(C)(C)OC2)C(CO[Si](C)(C)C)CN(CC(=O)OC(C)(C)C)Cc1cccc2c1OC(C)(C)OC2. The second-order valence-corrected chi connectivity index (χ2v) is 20.2. The Morgan fingerprint density at radius 2 is 1.37 bits per heavy atom. The Labute approximate surface area is 293 Å². The number of hydrogen-bond donors (Lipinski definition) is 0. The summed E-state index contributed by atoms with van der Waals surface area (Å²) >= 11 is 0. The minimum Gasteiger partial charge on any atom is -0.468 e. The molecule has 272 valence electrons. The molecule has 0 aromatic heterocycles. The van der Waals surface area contributed by atoms with E-state index in [9.17, 15) is 9.59 Å². The van der Waals surface area contributed by atoms with Gasteiger partial charge in [-0.2, -0.15) is 0 Å². The summed E-state index contributed by atoms with van der Waals surface area (Å²) in [7, 11) is -0.612. The van der Waals surface area contributed by atoms with Gasteiger partial charge in [-0.3, -0.25) is 19.4 Å². The van der Waals surface area contributed by atoms with E-state index in [-0.39, 0.29) is 31.1 Å². The van der Waals surface area contributed by atoms with Gasteiger partial charge in [0.15, 0.2) is 8.32 Å². The molecule has 0 radical (unpaired) electrons. The van der Waals surface area contributed by atoms with Crippen LogP contribution >= 0.6 is 0 Å². The summed E-state index contributed by atoms with van der Waals surface area (Å²) < 4.78 is 41.9. The van der Waals surface area contributed by atoms with Gasteiger partial charge in [0, 0.05) is 75.6 Å². The van der Waals surface area contributed by atoms with E-state index in [1.54, 1.807) is 0 Å². The number of carbonyl (C=O) groups is 2. The van der Waals surface area contributed by atoms with Crippen molar-refractivity contribution in [1.29, 1.82) is 0 Å². The highest BCUT2D eigenvalue weighted by Crippen LogP contribution is 2.37. The van der Waals surface area contributed by atoms with Crippen LogP contribution in [0.5, 0.6) is 11.5 Å². The third-order valence-electron chi connectivity index (χ3n) is 8.00. The Hall–Kier alpha value is -3.00. The molecule has 12 heteroatoms. The van der Waals surface area contributed by atoms with E-state index in [4.69, 9.17) is 32.8 Å². The topological polar surface area (TPSA) is 105 Å². The monoisotopic (exact) mass is 700 g/mol. The Morgan fingerprint density at radius 1 is 0.837 bits per heavy atom. The zero-order chi connectivity index (χ0) is 36.2. The quantitative estimate of drug-likeness (QED) is 0.171. The van der Waals surface area contributed by atoms with Gasteiger partial charge < -0.3 is 32.8 Å². The lowest BCUT2D eigenvalue weighted by molar-refractivity contribution is -0.181. The molecule has 1 unspecified atom stereocenters. The Bertz CT molecular complexity index is 1460. The van der Waals surface area contributed by atoms with Crippen molar-refractivity contribution < 1.29 is 42.4 Å². The lowest BCUT2D eigenvalue weighted by Crippen LogP contribution is -2.51. The van der Waals surface area contributed by atoms with Gasteiger partial charge in [-0.15, -0.1) is 0 Å². The molecule has 49 heavy (non-hydrogen) atoms. The number of para-hydroxylation sites is 2. The number of benzene rings is 2. The maximum atomic E-state index is 13.4. The average Bonchev–Trinajstić information content (AvgIpc) is 2.97. The summed E-state index contributed by atoms with van der Waals surface area (Å²) in [6.07, 6.45) is 0. The van der Waals surface area contributed by atoms with Crippen LogP contribution in [0.3, 0.4) is 0 Å². The van der Waals surface area contributed by atoms with Crippen LogP contribution in [0, 0.1) is 0 Å². The lowest BCUT2D eigenvalue weighted by atomic mass is 10.0. The number of esters is 2. The van der Waals surface area contributed by atoms with Crippen molar-refractivity contribution in [3.63, 3.8) is 0 Å². The fraction of sp³-hybridized carbons (Fsp3) is 0.622. The number of methoxy groups -OCH3 is 1. The highest BCUT2D eigenvalue weighted by atomic mass is 28.4. The molecule has 0 saturated heterocycles. The molecule has 0 fully saturated rings. The molecule has 0 aliphatic carbocycles. The third-order valence-corrected chi connectivity index (χ3v) is 9.03. The van der Waals surface area contributed by atoms with Gasteiger partial charge in [0.25, 0.3) is 0 Å². The molecule has 0 saturated carbocycles. The van der Waals surface area contributed by atoms with E-state index in [0.717, 1.165) is 33.8 Å². The minimum absolute atomic E-state index is 0.00936. The maximum Gasteiger partial charge on any atom is 0.320 e. The number of rotatable bonds is 14. The van der Waals surface area contributed by atoms with E-state index in [1.165, 1.54) is 7.11 Å². The molecular formula is C37H56N2O9Si. The Balaban J connectivity index is 1.73. The number of fused-ring (bicyclic) bond motifs is 2. The van der Waals surface area contributed by atoms with Crippen LogP contribution in [0.25, 0.3) is 0 Å². The van der Waals surface area contributed by atoms with Crippen molar-refractivity contribution in [2.45, 2.75) is 118 Å². The number of nitrogens with zero attached hydrogens (tertiary/aromatic N) is 2. The molecule has 1 atom stereocenters. The van der Waals surface area contributed by atoms with Crippen molar-refractivity contribution in [2.24, 2.45) is 0 Å². The third kappa shape index (κ3) is 11.8.